The molecule has 0 fully saturated rings. The second kappa shape index (κ2) is 14.9. The monoisotopic (exact) mass is 792 g/mol. The molecule has 0 spiro atoms. The third kappa shape index (κ3) is 6.82. The van der Waals surface area contributed by atoms with Crippen molar-refractivity contribution in [2.45, 2.75) is 12.1 Å². The summed E-state index contributed by atoms with van der Waals surface area (Å²) in [7, 11) is 0. The number of aromatic amines is 1. The fourth-order valence-corrected chi connectivity index (χ4v) is 7.88. The van der Waals surface area contributed by atoms with Gasteiger partial charge in [-0.2, -0.15) is 0 Å². The van der Waals surface area contributed by atoms with Crippen molar-refractivity contribution in [1.29, 1.82) is 0 Å². The summed E-state index contributed by atoms with van der Waals surface area (Å²) in [5.74, 6) is -4.22. The van der Waals surface area contributed by atoms with Gasteiger partial charge in [-0.15, -0.1) is 0 Å². The van der Waals surface area contributed by atoms with Gasteiger partial charge in [-0.25, -0.2) is 29.2 Å². The fourth-order valence-electron chi connectivity index (χ4n) is 7.88. The van der Waals surface area contributed by atoms with Crippen molar-refractivity contribution >= 4 is 57.6 Å². The molecule has 12 heteroatoms. The number of aromatic nitrogens is 1. The van der Waals surface area contributed by atoms with E-state index in [1.54, 1.807) is 72.8 Å². The zero-order valence-electron chi connectivity index (χ0n) is 31.3. The van der Waals surface area contributed by atoms with E-state index in [-0.39, 0.29) is 22.3 Å². The van der Waals surface area contributed by atoms with E-state index in [0.29, 0.717) is 50.4 Å². The Balaban J connectivity index is 1.34. The third-order valence-corrected chi connectivity index (χ3v) is 10.8. The summed E-state index contributed by atoms with van der Waals surface area (Å²) >= 11 is 0. The van der Waals surface area contributed by atoms with Crippen molar-refractivity contribution in [2.75, 3.05) is 0 Å². The predicted octanol–water partition coefficient (Wildman–Crippen LogP) is 5.96. The lowest BCUT2D eigenvalue weighted by atomic mass is 9.95. The molecule has 5 heterocycles. The molecule has 5 aromatic rings. The van der Waals surface area contributed by atoms with Crippen LogP contribution in [0.3, 0.4) is 0 Å². The van der Waals surface area contributed by atoms with Crippen LogP contribution in [0.25, 0.3) is 22.3 Å². The van der Waals surface area contributed by atoms with Crippen LogP contribution in [0.1, 0.15) is 63.7 Å². The highest BCUT2D eigenvalue weighted by Gasteiger charge is 2.30. The predicted molar refractivity (Wildman–Crippen MR) is 226 cm³/mol. The van der Waals surface area contributed by atoms with Crippen LogP contribution in [0.2, 0.25) is 0 Å². The summed E-state index contributed by atoms with van der Waals surface area (Å²) in [4.78, 5) is 61.3. The Bertz CT molecular complexity index is 3030. The molecular weight excluding hydrogens is 761 g/mol. The van der Waals surface area contributed by atoms with Crippen molar-refractivity contribution in [1.82, 2.24) is 10.3 Å². The zero-order chi connectivity index (χ0) is 41.7. The van der Waals surface area contributed by atoms with Crippen LogP contribution >= 0.6 is 0 Å². The Labute approximate surface area is 340 Å². The number of carboxylic acids is 4. The van der Waals surface area contributed by atoms with Crippen LogP contribution in [-0.2, 0) is 0 Å². The van der Waals surface area contributed by atoms with Gasteiger partial charge in [-0.05, 0) is 107 Å². The molecule has 60 heavy (non-hydrogen) atoms. The maximum Gasteiger partial charge on any atom is 0.335 e. The molecular formula is C48H32N4O8. The van der Waals surface area contributed by atoms with E-state index in [4.69, 9.17) is 9.98 Å². The molecule has 0 amide bonds. The number of allylic oxidation sites excluding steroid dienone is 5. The van der Waals surface area contributed by atoms with Gasteiger partial charge in [0, 0.05) is 33.0 Å². The molecule has 0 aliphatic carbocycles. The van der Waals surface area contributed by atoms with Crippen LogP contribution < -0.4 is 16.0 Å². The molecule has 0 saturated heterocycles. The van der Waals surface area contributed by atoms with Crippen molar-refractivity contribution < 1.29 is 39.6 Å². The summed E-state index contributed by atoms with van der Waals surface area (Å²) in [6, 6.07) is 29.3. The summed E-state index contributed by atoms with van der Waals surface area (Å²) in [6.45, 7) is 0. The van der Waals surface area contributed by atoms with Gasteiger partial charge in [-0.3, -0.25) is 5.32 Å². The van der Waals surface area contributed by atoms with Gasteiger partial charge in [0.2, 0.25) is 0 Å². The van der Waals surface area contributed by atoms with E-state index >= 15 is 0 Å². The molecule has 8 bridgehead atoms. The Morgan fingerprint density at radius 1 is 0.417 bits per heavy atom. The topological polar surface area (TPSA) is 202 Å². The minimum atomic E-state index is -1.06. The average molecular weight is 793 g/mol. The molecule has 4 aromatic carbocycles. The molecule has 4 aliphatic rings. The SMILES string of the molecule is O=C(O)c1ccc(/C2=C3\C=CC(=N3)/C(c3ccc(C(=O)O)cc3)=c3/cc/c([nH]3)=C(\c3ccc(C(=O)O)cc3)C3C=CC(N3)/C(c3ccc(C(=O)O)cc3)=C3/C=CC2=N3)cc1. The van der Waals surface area contributed by atoms with E-state index in [2.05, 4.69) is 10.3 Å². The van der Waals surface area contributed by atoms with Gasteiger partial charge in [-0.1, -0.05) is 60.7 Å². The minimum Gasteiger partial charge on any atom is -0.478 e. The fraction of sp³-hybridized carbons (Fsp3) is 0.0417. The normalized spacial score (nSPS) is 22.1. The number of rotatable bonds is 8. The summed E-state index contributed by atoms with van der Waals surface area (Å²) in [5.41, 5.74) is 8.55. The molecule has 0 saturated carbocycles. The lowest BCUT2D eigenvalue weighted by Gasteiger charge is -2.22. The van der Waals surface area contributed by atoms with E-state index in [1.807, 2.05) is 48.6 Å². The lowest BCUT2D eigenvalue weighted by Crippen LogP contribution is -2.35. The number of benzene rings is 4. The second-order valence-corrected chi connectivity index (χ2v) is 14.3. The summed E-state index contributed by atoms with van der Waals surface area (Å²) in [5, 5.41) is 43.9. The van der Waals surface area contributed by atoms with Gasteiger partial charge in [0.1, 0.15) is 0 Å². The Hall–Kier alpha value is -8.22. The van der Waals surface area contributed by atoms with Crippen molar-refractivity contribution in [3.63, 3.8) is 0 Å². The van der Waals surface area contributed by atoms with E-state index in [9.17, 15) is 39.6 Å². The molecule has 4 aliphatic heterocycles. The number of H-pyrrole nitrogens is 1. The molecule has 12 nitrogen and oxygen atoms in total. The number of carbonyl (C=O) groups is 4. The summed E-state index contributed by atoms with van der Waals surface area (Å²) < 4.78 is 0. The van der Waals surface area contributed by atoms with E-state index in [0.717, 1.165) is 27.6 Å². The Kier molecular flexibility index (Phi) is 9.30. The first kappa shape index (κ1) is 37.4. The van der Waals surface area contributed by atoms with Crippen LogP contribution in [0, 0.1) is 0 Å². The number of aliphatic imine (C=N–C) groups is 2. The Morgan fingerprint density at radius 2 is 0.800 bits per heavy atom. The number of nitrogens with one attached hydrogen (secondary N) is 2. The highest BCUT2D eigenvalue weighted by molar-refractivity contribution is 6.35. The van der Waals surface area contributed by atoms with Crippen LogP contribution in [0.5, 0.6) is 0 Å². The molecule has 2 atom stereocenters. The van der Waals surface area contributed by atoms with Crippen molar-refractivity contribution in [2.24, 2.45) is 9.98 Å². The average Bonchev–Trinajstić information content (AvgIpc) is 4.10. The van der Waals surface area contributed by atoms with Gasteiger partial charge >= 0.3 is 23.9 Å². The quantitative estimate of drug-likeness (QED) is 0.103. The number of aromatic carboxylic acids is 4. The highest BCUT2D eigenvalue weighted by Crippen LogP contribution is 2.36. The maximum atomic E-state index is 11.8. The highest BCUT2D eigenvalue weighted by atomic mass is 16.4. The van der Waals surface area contributed by atoms with Gasteiger partial charge in [0.15, 0.2) is 0 Å². The molecule has 292 valence electrons. The van der Waals surface area contributed by atoms with Gasteiger partial charge in [0.25, 0.3) is 0 Å². The number of nitrogens with zero attached hydrogens (tertiary/aromatic N) is 2. The van der Waals surface area contributed by atoms with Gasteiger partial charge in [0.05, 0.1) is 57.2 Å². The molecule has 6 N–H and O–H groups in total. The largest absolute Gasteiger partial charge is 0.478 e. The third-order valence-electron chi connectivity index (χ3n) is 10.8. The first-order chi connectivity index (χ1) is 29.0. The first-order valence-electron chi connectivity index (χ1n) is 18.8. The number of carboxylic acid groups (broad SMARTS) is 4. The van der Waals surface area contributed by atoms with Crippen LogP contribution in [0.4, 0.5) is 0 Å². The maximum absolute atomic E-state index is 11.8. The minimum absolute atomic E-state index is 0.117. The zero-order valence-corrected chi connectivity index (χ0v) is 31.3. The summed E-state index contributed by atoms with van der Waals surface area (Å²) in [6.07, 6.45) is 11.5. The van der Waals surface area contributed by atoms with E-state index < -0.39 is 36.0 Å². The molecule has 0 radical (unpaired) electrons. The van der Waals surface area contributed by atoms with Crippen LogP contribution in [-0.4, -0.2) is 72.8 Å². The van der Waals surface area contributed by atoms with Gasteiger partial charge < -0.3 is 25.4 Å². The second-order valence-electron chi connectivity index (χ2n) is 14.3. The standard InChI is InChI=1S/C48H32N4O8/c53-45(54)29-9-1-25(2-10-29)41-33-17-19-35(49-33)42(26-3-11-30(12-4-26)46(55)56)37-21-23-39(51-37)44(28-7-15-32(16-8-28)48(59)60)40-24-22-38(52-40)43(36-20-18-34(41)50-36)27-5-13-31(14-6-27)47(57)58/h1-24,33,35,49-50H,(H,53,54)(H,55,56)(H,57,58)(H,59,60)/b41-34-,42-37-,43-36-,44-40-. The van der Waals surface area contributed by atoms with Crippen molar-refractivity contribution in [3.8, 4) is 0 Å². The first-order valence-corrected chi connectivity index (χ1v) is 18.8. The number of hydrogen-bond donors (Lipinski definition) is 6. The number of hydrogen-bond acceptors (Lipinski definition) is 7. The lowest BCUT2D eigenvalue weighted by molar-refractivity contribution is 0.0686. The molecule has 2 unspecified atom stereocenters. The number of fused-ring (bicyclic) bond motifs is 6. The van der Waals surface area contributed by atoms with Crippen molar-refractivity contribution in [3.05, 3.63) is 212 Å². The van der Waals surface area contributed by atoms with E-state index in [1.165, 1.54) is 24.3 Å². The Morgan fingerprint density at radius 3 is 1.30 bits per heavy atom. The molecule has 9 rings (SSSR count). The molecule has 1 aromatic heterocycles. The van der Waals surface area contributed by atoms with Crippen LogP contribution in [0.15, 0.2) is 167 Å². The smallest absolute Gasteiger partial charge is 0.335 e.